The summed E-state index contributed by atoms with van der Waals surface area (Å²) in [6.07, 6.45) is 0. The standard InChI is InChI=1S/C21H20FN3O4/c1-27-17-8-12-7-16-20(15(12)10-18(17)28-2)24-25(11-19(26)29-3)21(16)23-14-6-4-5-13(22)9-14/h4-10,23-24H,11H2,1-3H3. The molecule has 8 heteroatoms. The van der Waals surface area contributed by atoms with Gasteiger partial charge in [0.1, 0.15) is 18.2 Å². The lowest BCUT2D eigenvalue weighted by atomic mass is 10.2. The van der Waals surface area contributed by atoms with Crippen LogP contribution in [-0.2, 0) is 16.1 Å². The summed E-state index contributed by atoms with van der Waals surface area (Å²) in [5.41, 5.74) is 2.21. The van der Waals surface area contributed by atoms with E-state index in [4.69, 9.17) is 14.2 Å². The van der Waals surface area contributed by atoms with E-state index < -0.39 is 5.97 Å². The van der Waals surface area contributed by atoms with Crippen LogP contribution >= 0.6 is 0 Å². The molecule has 0 saturated heterocycles. The third-order valence-corrected chi connectivity index (χ3v) is 4.77. The highest BCUT2D eigenvalue weighted by Crippen LogP contribution is 2.43. The molecule has 0 spiro atoms. The van der Waals surface area contributed by atoms with Crippen molar-refractivity contribution in [3.8, 4) is 22.8 Å². The molecule has 1 aliphatic heterocycles. The van der Waals surface area contributed by atoms with Crippen molar-refractivity contribution >= 4 is 28.2 Å². The smallest absolute Gasteiger partial charge is 0.327 e. The van der Waals surface area contributed by atoms with Crippen molar-refractivity contribution in [2.75, 3.05) is 26.6 Å². The van der Waals surface area contributed by atoms with Crippen molar-refractivity contribution in [3.05, 3.63) is 48.3 Å². The van der Waals surface area contributed by atoms with Gasteiger partial charge in [0.15, 0.2) is 11.5 Å². The highest BCUT2D eigenvalue weighted by Gasteiger charge is 2.23. The number of hydrogen-bond acceptors (Lipinski definition) is 5. The average Bonchev–Trinajstić information content (AvgIpc) is 3.22. The number of ether oxygens (including phenoxy) is 3. The lowest BCUT2D eigenvalue weighted by Gasteiger charge is -2.11. The molecule has 2 aromatic carbocycles. The molecule has 0 bridgehead atoms. The van der Waals surface area contributed by atoms with Gasteiger partial charge in [0.05, 0.1) is 27.0 Å². The Hall–Kier alpha value is -3.68. The number of nitrogens with one attached hydrogen (secondary N) is 2. The van der Waals surface area contributed by atoms with Crippen molar-refractivity contribution < 1.29 is 23.4 Å². The number of fused-ring (bicyclic) bond motifs is 3. The second-order valence-corrected chi connectivity index (χ2v) is 6.49. The number of anilines is 2. The van der Waals surface area contributed by atoms with Gasteiger partial charge in [0, 0.05) is 16.6 Å². The largest absolute Gasteiger partial charge is 0.493 e. The molecule has 2 aliphatic rings. The van der Waals surface area contributed by atoms with Crippen LogP contribution in [0.2, 0.25) is 0 Å². The molecule has 1 heterocycles. The Morgan fingerprint density at radius 3 is 2.55 bits per heavy atom. The number of carbonyl (C=O) groups excluding carboxylic acids is 1. The first kappa shape index (κ1) is 18.7. The van der Waals surface area contributed by atoms with Crippen LogP contribution in [0.4, 0.5) is 15.9 Å². The first-order valence-corrected chi connectivity index (χ1v) is 8.90. The number of benzene rings is 2. The summed E-state index contributed by atoms with van der Waals surface area (Å²) in [5, 5.41) is 8.29. The SMILES string of the molecule is COC(=O)Cn1[nH]c2c3cc(OC)c(OC)cc3cc-2c1Nc1cccc(F)c1. The molecule has 1 aliphatic carbocycles. The van der Waals surface area contributed by atoms with Crippen LogP contribution in [0.5, 0.6) is 11.5 Å². The summed E-state index contributed by atoms with van der Waals surface area (Å²) >= 11 is 0. The lowest BCUT2D eigenvalue weighted by molar-refractivity contribution is -0.141. The molecule has 0 radical (unpaired) electrons. The van der Waals surface area contributed by atoms with E-state index in [1.807, 2.05) is 18.2 Å². The molecule has 0 saturated carbocycles. The monoisotopic (exact) mass is 397 g/mol. The van der Waals surface area contributed by atoms with Crippen LogP contribution in [0.15, 0.2) is 42.5 Å². The maximum absolute atomic E-state index is 13.7. The van der Waals surface area contributed by atoms with Crippen LogP contribution < -0.4 is 14.8 Å². The van der Waals surface area contributed by atoms with E-state index in [0.717, 1.165) is 22.0 Å². The van der Waals surface area contributed by atoms with Gasteiger partial charge in [-0.15, -0.1) is 0 Å². The number of H-pyrrole nitrogens is 1. The van der Waals surface area contributed by atoms with Crippen LogP contribution in [0, 0.1) is 5.82 Å². The second kappa shape index (κ2) is 7.38. The van der Waals surface area contributed by atoms with Crippen LogP contribution in [0.1, 0.15) is 0 Å². The topological polar surface area (TPSA) is 77.5 Å². The quantitative estimate of drug-likeness (QED) is 0.478. The van der Waals surface area contributed by atoms with E-state index in [0.29, 0.717) is 23.0 Å². The Morgan fingerprint density at radius 1 is 1.10 bits per heavy atom. The molecule has 0 aromatic heterocycles. The fraction of sp³-hybridized carbons (Fsp3) is 0.190. The fourth-order valence-corrected chi connectivity index (χ4v) is 3.40. The van der Waals surface area contributed by atoms with Crippen LogP contribution in [0.3, 0.4) is 0 Å². The molecule has 4 rings (SSSR count). The van der Waals surface area contributed by atoms with E-state index in [-0.39, 0.29) is 12.4 Å². The summed E-state index contributed by atoms with van der Waals surface area (Å²) in [7, 11) is 4.49. The Labute approximate surface area is 166 Å². The van der Waals surface area contributed by atoms with Crippen molar-refractivity contribution in [2.45, 2.75) is 6.54 Å². The molecule has 7 nitrogen and oxygen atoms in total. The predicted molar refractivity (Wildman–Crippen MR) is 108 cm³/mol. The zero-order valence-electron chi connectivity index (χ0n) is 16.2. The first-order chi connectivity index (χ1) is 14.0. The van der Waals surface area contributed by atoms with Crippen molar-refractivity contribution in [1.29, 1.82) is 0 Å². The minimum absolute atomic E-state index is 0.0301. The minimum Gasteiger partial charge on any atom is -0.493 e. The maximum Gasteiger partial charge on any atom is 0.327 e. The maximum atomic E-state index is 13.7. The number of aromatic nitrogens is 2. The Balaban J connectivity index is 1.88. The molecule has 0 atom stereocenters. The van der Waals surface area contributed by atoms with E-state index in [2.05, 4.69) is 10.4 Å². The van der Waals surface area contributed by atoms with E-state index in [1.54, 1.807) is 31.0 Å². The number of halogens is 1. The molecule has 0 unspecified atom stereocenters. The average molecular weight is 397 g/mol. The van der Waals surface area contributed by atoms with Crippen molar-refractivity contribution in [2.24, 2.45) is 0 Å². The van der Waals surface area contributed by atoms with Crippen molar-refractivity contribution in [3.63, 3.8) is 0 Å². The lowest BCUT2D eigenvalue weighted by Crippen LogP contribution is -2.14. The summed E-state index contributed by atoms with van der Waals surface area (Å²) in [6.45, 7) is -0.0301. The van der Waals surface area contributed by atoms with Gasteiger partial charge < -0.3 is 19.5 Å². The van der Waals surface area contributed by atoms with Gasteiger partial charge in [-0.1, -0.05) is 6.07 Å². The Kier molecular flexibility index (Phi) is 4.75. The van der Waals surface area contributed by atoms with Crippen LogP contribution in [-0.4, -0.2) is 37.1 Å². The third-order valence-electron chi connectivity index (χ3n) is 4.77. The Morgan fingerprint density at radius 2 is 1.86 bits per heavy atom. The van der Waals surface area contributed by atoms with Gasteiger partial charge in [0.25, 0.3) is 0 Å². The van der Waals surface area contributed by atoms with E-state index in [1.165, 1.54) is 19.2 Å². The fourth-order valence-electron chi connectivity index (χ4n) is 3.40. The first-order valence-electron chi connectivity index (χ1n) is 8.90. The normalized spacial score (nSPS) is 11.0. The second-order valence-electron chi connectivity index (χ2n) is 6.49. The summed E-state index contributed by atoms with van der Waals surface area (Å²) < 4.78 is 30.9. The number of esters is 1. The summed E-state index contributed by atoms with van der Waals surface area (Å²) in [4.78, 5) is 11.9. The van der Waals surface area contributed by atoms with Gasteiger partial charge in [-0.3, -0.25) is 14.6 Å². The zero-order valence-corrected chi connectivity index (χ0v) is 16.2. The number of rotatable bonds is 6. The van der Waals surface area contributed by atoms with Gasteiger partial charge in [-0.2, -0.15) is 0 Å². The molecule has 29 heavy (non-hydrogen) atoms. The molecular formula is C21H20FN3O4. The van der Waals surface area contributed by atoms with Gasteiger partial charge in [-0.25, -0.2) is 4.39 Å². The highest BCUT2D eigenvalue weighted by molar-refractivity contribution is 6.05. The molecule has 0 fully saturated rings. The molecule has 0 amide bonds. The number of aromatic amines is 1. The number of carbonyl (C=O) groups is 1. The van der Waals surface area contributed by atoms with Gasteiger partial charge >= 0.3 is 5.97 Å². The van der Waals surface area contributed by atoms with Crippen LogP contribution in [0.25, 0.3) is 22.0 Å². The van der Waals surface area contributed by atoms with Crippen molar-refractivity contribution in [1.82, 2.24) is 9.78 Å². The molecule has 150 valence electrons. The molecule has 2 N–H and O–H groups in total. The predicted octanol–water partition coefficient (Wildman–Crippen LogP) is 4.15. The zero-order chi connectivity index (χ0) is 20.5. The third kappa shape index (κ3) is 3.33. The van der Waals surface area contributed by atoms with E-state index >= 15 is 0 Å². The number of methoxy groups -OCH3 is 3. The summed E-state index contributed by atoms with van der Waals surface area (Å²) in [5.74, 6) is 1.06. The molecular weight excluding hydrogens is 377 g/mol. The highest BCUT2D eigenvalue weighted by atomic mass is 19.1. The van der Waals surface area contributed by atoms with Gasteiger partial charge in [-0.05, 0) is 41.8 Å². The molecule has 2 aromatic rings. The van der Waals surface area contributed by atoms with E-state index in [9.17, 15) is 9.18 Å². The summed E-state index contributed by atoms with van der Waals surface area (Å²) in [6, 6.07) is 11.9. The number of nitrogens with zero attached hydrogens (tertiary/aromatic N) is 1. The van der Waals surface area contributed by atoms with Gasteiger partial charge in [0.2, 0.25) is 0 Å². The Bertz CT molecular complexity index is 1160. The minimum atomic E-state index is -0.412. The number of hydrogen-bond donors (Lipinski definition) is 2.